The number of rotatable bonds is 2. The van der Waals surface area contributed by atoms with E-state index < -0.39 is 17.6 Å². The molecule has 2 heterocycles. The van der Waals surface area contributed by atoms with Crippen molar-refractivity contribution in [1.29, 1.82) is 0 Å². The van der Waals surface area contributed by atoms with Crippen LogP contribution in [0.2, 0.25) is 0 Å². The Labute approximate surface area is 111 Å². The second-order valence-electron chi connectivity index (χ2n) is 4.03. The van der Waals surface area contributed by atoms with E-state index in [0.717, 1.165) is 16.6 Å². The van der Waals surface area contributed by atoms with Crippen molar-refractivity contribution in [2.24, 2.45) is 0 Å². The maximum atomic E-state index is 13.8. The average Bonchev–Trinajstić information content (AvgIpc) is 2.83. The number of aromatic carboxylic acids is 1. The van der Waals surface area contributed by atoms with Crippen LogP contribution in [0.3, 0.4) is 0 Å². The molecule has 3 aromatic rings. The summed E-state index contributed by atoms with van der Waals surface area (Å²) in [4.78, 5) is 14.8. The summed E-state index contributed by atoms with van der Waals surface area (Å²) in [6.07, 6.45) is 1.34. The van der Waals surface area contributed by atoms with Gasteiger partial charge in [-0.25, -0.2) is 23.1 Å². The molecule has 0 saturated carbocycles. The SMILES string of the molecule is O=C(O)c1cc2nccc(-c3c(F)cccc3F)n2n1. The molecule has 2 aromatic heterocycles. The molecule has 7 heteroatoms. The first-order chi connectivity index (χ1) is 9.58. The summed E-state index contributed by atoms with van der Waals surface area (Å²) >= 11 is 0. The van der Waals surface area contributed by atoms with Crippen LogP contribution >= 0.6 is 0 Å². The van der Waals surface area contributed by atoms with Gasteiger partial charge in [-0.05, 0) is 18.2 Å². The van der Waals surface area contributed by atoms with Crippen LogP contribution < -0.4 is 0 Å². The molecule has 0 spiro atoms. The zero-order chi connectivity index (χ0) is 14.3. The van der Waals surface area contributed by atoms with Crippen LogP contribution in [0.15, 0.2) is 36.5 Å². The van der Waals surface area contributed by atoms with Crippen molar-refractivity contribution in [2.75, 3.05) is 0 Å². The fourth-order valence-electron chi connectivity index (χ4n) is 1.93. The van der Waals surface area contributed by atoms with Gasteiger partial charge in [-0.2, -0.15) is 5.10 Å². The van der Waals surface area contributed by atoms with Crippen molar-refractivity contribution in [2.45, 2.75) is 0 Å². The van der Waals surface area contributed by atoms with Gasteiger partial charge >= 0.3 is 5.97 Å². The topological polar surface area (TPSA) is 67.5 Å². The van der Waals surface area contributed by atoms with Gasteiger partial charge in [-0.3, -0.25) is 0 Å². The minimum absolute atomic E-state index is 0.0955. The number of nitrogens with zero attached hydrogens (tertiary/aromatic N) is 3. The summed E-state index contributed by atoms with van der Waals surface area (Å²) in [5.74, 6) is -2.76. The standard InChI is InChI=1S/C13H7F2N3O2/c14-7-2-1-3-8(15)12(7)10-4-5-16-11-6-9(13(19)20)17-18(10)11/h1-6H,(H,19,20). The van der Waals surface area contributed by atoms with Crippen molar-refractivity contribution in [3.05, 3.63) is 53.9 Å². The molecule has 0 radical (unpaired) electrons. The number of benzene rings is 1. The summed E-state index contributed by atoms with van der Waals surface area (Å²) in [5, 5.41) is 12.7. The van der Waals surface area contributed by atoms with Gasteiger partial charge in [0.05, 0.1) is 11.3 Å². The number of hydrogen-bond donors (Lipinski definition) is 1. The highest BCUT2D eigenvalue weighted by molar-refractivity contribution is 5.87. The summed E-state index contributed by atoms with van der Waals surface area (Å²) in [5.41, 5.74) is -0.234. The molecule has 0 aliphatic carbocycles. The van der Waals surface area contributed by atoms with Crippen LogP contribution in [0, 0.1) is 11.6 Å². The second kappa shape index (κ2) is 4.37. The third-order valence-corrected chi connectivity index (χ3v) is 2.80. The molecule has 3 rings (SSSR count). The van der Waals surface area contributed by atoms with E-state index in [1.807, 2.05) is 0 Å². The van der Waals surface area contributed by atoms with Crippen LogP contribution in [-0.4, -0.2) is 25.7 Å². The largest absolute Gasteiger partial charge is 0.476 e. The Kier molecular flexibility index (Phi) is 2.67. The molecule has 0 unspecified atom stereocenters. The Hall–Kier alpha value is -2.83. The lowest BCUT2D eigenvalue weighted by Crippen LogP contribution is -2.02. The molecule has 20 heavy (non-hydrogen) atoms. The van der Waals surface area contributed by atoms with Crippen LogP contribution in [0.1, 0.15) is 10.5 Å². The molecule has 0 saturated heterocycles. The number of hydrogen-bond acceptors (Lipinski definition) is 3. The van der Waals surface area contributed by atoms with Gasteiger partial charge < -0.3 is 5.11 Å². The second-order valence-corrected chi connectivity index (χ2v) is 4.03. The van der Waals surface area contributed by atoms with Gasteiger partial charge in [-0.15, -0.1) is 0 Å². The molecule has 5 nitrogen and oxygen atoms in total. The molecule has 0 atom stereocenters. The summed E-state index contributed by atoms with van der Waals surface area (Å²) in [6.45, 7) is 0. The molecular formula is C13H7F2N3O2. The lowest BCUT2D eigenvalue weighted by molar-refractivity contribution is 0.0690. The zero-order valence-electron chi connectivity index (χ0n) is 9.92. The quantitative estimate of drug-likeness (QED) is 0.779. The maximum absolute atomic E-state index is 13.8. The number of aromatic nitrogens is 3. The first-order valence-electron chi connectivity index (χ1n) is 5.60. The third kappa shape index (κ3) is 1.80. The van der Waals surface area contributed by atoms with E-state index >= 15 is 0 Å². The number of carbonyl (C=O) groups is 1. The lowest BCUT2D eigenvalue weighted by Gasteiger charge is -2.06. The smallest absolute Gasteiger partial charge is 0.356 e. The Morgan fingerprint density at radius 3 is 2.55 bits per heavy atom. The van der Waals surface area contributed by atoms with E-state index in [1.54, 1.807) is 0 Å². The Morgan fingerprint density at radius 1 is 1.20 bits per heavy atom. The number of fused-ring (bicyclic) bond motifs is 1. The van der Waals surface area contributed by atoms with E-state index in [9.17, 15) is 13.6 Å². The van der Waals surface area contributed by atoms with E-state index in [0.29, 0.717) is 0 Å². The van der Waals surface area contributed by atoms with Crippen molar-refractivity contribution in [3.63, 3.8) is 0 Å². The Morgan fingerprint density at radius 2 is 1.90 bits per heavy atom. The highest BCUT2D eigenvalue weighted by Crippen LogP contribution is 2.26. The maximum Gasteiger partial charge on any atom is 0.356 e. The van der Waals surface area contributed by atoms with Gasteiger partial charge in [0.1, 0.15) is 11.6 Å². The molecule has 0 bridgehead atoms. The van der Waals surface area contributed by atoms with E-state index in [2.05, 4.69) is 10.1 Å². The van der Waals surface area contributed by atoms with Crippen molar-refractivity contribution in [3.8, 4) is 11.3 Å². The third-order valence-electron chi connectivity index (χ3n) is 2.80. The molecule has 0 amide bonds. The van der Waals surface area contributed by atoms with Gasteiger partial charge in [0.15, 0.2) is 11.3 Å². The highest BCUT2D eigenvalue weighted by atomic mass is 19.1. The zero-order valence-corrected chi connectivity index (χ0v) is 9.92. The predicted molar refractivity (Wildman–Crippen MR) is 65.3 cm³/mol. The minimum atomic E-state index is -1.24. The first kappa shape index (κ1) is 12.2. The molecular weight excluding hydrogens is 268 g/mol. The van der Waals surface area contributed by atoms with Gasteiger partial charge in [0.2, 0.25) is 0 Å². The fourth-order valence-corrected chi connectivity index (χ4v) is 1.93. The fraction of sp³-hybridized carbons (Fsp3) is 0. The van der Waals surface area contributed by atoms with Gasteiger partial charge in [0, 0.05) is 12.3 Å². The molecule has 0 aliphatic rings. The molecule has 1 aromatic carbocycles. The van der Waals surface area contributed by atoms with Crippen LogP contribution in [0.5, 0.6) is 0 Å². The van der Waals surface area contributed by atoms with Gasteiger partial charge in [0.25, 0.3) is 0 Å². The number of halogens is 2. The lowest BCUT2D eigenvalue weighted by atomic mass is 10.1. The van der Waals surface area contributed by atoms with Gasteiger partial charge in [-0.1, -0.05) is 6.07 Å². The van der Waals surface area contributed by atoms with Crippen molar-refractivity contribution in [1.82, 2.24) is 14.6 Å². The molecule has 0 aliphatic heterocycles. The van der Waals surface area contributed by atoms with Crippen molar-refractivity contribution >= 4 is 11.6 Å². The molecule has 1 N–H and O–H groups in total. The molecule has 0 fully saturated rings. The van der Waals surface area contributed by atoms with E-state index in [-0.39, 0.29) is 22.6 Å². The summed E-state index contributed by atoms with van der Waals surface area (Å²) in [7, 11) is 0. The predicted octanol–water partition coefficient (Wildman–Crippen LogP) is 2.37. The summed E-state index contributed by atoms with van der Waals surface area (Å²) < 4.78 is 28.7. The normalized spacial score (nSPS) is 10.9. The van der Waals surface area contributed by atoms with E-state index in [1.165, 1.54) is 24.4 Å². The molecule has 100 valence electrons. The number of carboxylic acids is 1. The van der Waals surface area contributed by atoms with Crippen LogP contribution in [-0.2, 0) is 0 Å². The average molecular weight is 275 g/mol. The van der Waals surface area contributed by atoms with Crippen LogP contribution in [0.4, 0.5) is 8.78 Å². The highest BCUT2D eigenvalue weighted by Gasteiger charge is 2.17. The summed E-state index contributed by atoms with van der Waals surface area (Å²) in [6, 6.07) is 6.08. The first-order valence-corrected chi connectivity index (χ1v) is 5.60. The monoisotopic (exact) mass is 275 g/mol. The number of carboxylic acid groups (broad SMARTS) is 1. The Bertz CT molecular complexity index is 809. The minimum Gasteiger partial charge on any atom is -0.476 e. The Balaban J connectivity index is 2.34. The van der Waals surface area contributed by atoms with Crippen molar-refractivity contribution < 1.29 is 18.7 Å². The van der Waals surface area contributed by atoms with Crippen LogP contribution in [0.25, 0.3) is 16.9 Å². The van der Waals surface area contributed by atoms with E-state index in [4.69, 9.17) is 5.11 Å².